The summed E-state index contributed by atoms with van der Waals surface area (Å²) in [5, 5.41) is 2.24. The number of hydrogen-bond donors (Lipinski definition) is 0. The average Bonchev–Trinajstić information content (AvgIpc) is 2.66. The van der Waals surface area contributed by atoms with Crippen LogP contribution in [0.4, 0.5) is 0 Å². The number of methoxy groups -OCH3 is 2. The molecule has 0 aromatic heterocycles. The second-order valence-corrected chi connectivity index (χ2v) is 6.42. The number of esters is 2. The van der Waals surface area contributed by atoms with E-state index in [0.29, 0.717) is 11.1 Å². The van der Waals surface area contributed by atoms with Gasteiger partial charge in [-0.1, -0.05) is 48.2 Å². The van der Waals surface area contributed by atoms with Gasteiger partial charge in [-0.15, -0.1) is 0 Å². The average molecular weight is 352 g/mol. The van der Waals surface area contributed by atoms with Crippen LogP contribution in [0.15, 0.2) is 70.5 Å². The number of ether oxygens (including phenoxy) is 2. The van der Waals surface area contributed by atoms with Gasteiger partial charge in [-0.2, -0.15) is 0 Å². The van der Waals surface area contributed by atoms with Gasteiger partial charge in [0.1, 0.15) is 0 Å². The zero-order valence-corrected chi connectivity index (χ0v) is 14.6. The molecule has 3 rings (SSSR count). The van der Waals surface area contributed by atoms with E-state index in [2.05, 4.69) is 0 Å². The van der Waals surface area contributed by atoms with Gasteiger partial charge in [-0.25, -0.2) is 9.59 Å². The third-order valence-electron chi connectivity index (χ3n) is 3.73. The summed E-state index contributed by atoms with van der Waals surface area (Å²) in [5.74, 6) is -0.990. The van der Waals surface area contributed by atoms with Crippen molar-refractivity contribution in [1.82, 2.24) is 0 Å². The summed E-state index contributed by atoms with van der Waals surface area (Å²) in [6.07, 6.45) is 0. The number of hydrogen-bond acceptors (Lipinski definition) is 5. The topological polar surface area (TPSA) is 52.6 Å². The number of carbonyl (C=O) groups excluding carboxylic acids is 2. The largest absolute Gasteiger partial charge is 0.465 e. The summed E-state index contributed by atoms with van der Waals surface area (Å²) in [6.45, 7) is 0. The van der Waals surface area contributed by atoms with Crippen molar-refractivity contribution in [2.24, 2.45) is 0 Å². The standard InChI is InChI=1S/C20H16O4S/c1-23-19(21)14-10-15(20(22)24-2)12-16(11-14)25-18-9-5-7-13-6-3-4-8-17(13)18/h3-12H,1-2H3. The van der Waals surface area contributed by atoms with Crippen LogP contribution in [0.25, 0.3) is 10.8 Å². The molecular formula is C20H16O4S. The Hall–Kier alpha value is -2.79. The smallest absolute Gasteiger partial charge is 0.337 e. The molecule has 0 amide bonds. The van der Waals surface area contributed by atoms with Gasteiger partial charge in [0.25, 0.3) is 0 Å². The van der Waals surface area contributed by atoms with Crippen molar-refractivity contribution in [3.05, 3.63) is 71.8 Å². The first-order valence-electron chi connectivity index (χ1n) is 7.59. The summed E-state index contributed by atoms with van der Waals surface area (Å²) in [4.78, 5) is 25.6. The Balaban J connectivity index is 2.06. The minimum absolute atomic E-state index is 0.313. The van der Waals surface area contributed by atoms with Crippen LogP contribution in [0.2, 0.25) is 0 Å². The molecule has 0 aliphatic carbocycles. The molecular weight excluding hydrogens is 336 g/mol. The molecule has 25 heavy (non-hydrogen) atoms. The quantitative estimate of drug-likeness (QED) is 0.644. The molecule has 5 heteroatoms. The summed E-state index contributed by atoms with van der Waals surface area (Å²) < 4.78 is 9.56. The van der Waals surface area contributed by atoms with Gasteiger partial charge in [0.2, 0.25) is 0 Å². The molecule has 0 atom stereocenters. The summed E-state index contributed by atoms with van der Waals surface area (Å²) in [7, 11) is 2.62. The van der Waals surface area contributed by atoms with Gasteiger partial charge in [0.15, 0.2) is 0 Å². The van der Waals surface area contributed by atoms with E-state index in [1.807, 2.05) is 42.5 Å². The van der Waals surface area contributed by atoms with Crippen molar-refractivity contribution >= 4 is 34.5 Å². The van der Waals surface area contributed by atoms with Gasteiger partial charge in [0, 0.05) is 9.79 Å². The van der Waals surface area contributed by atoms with Crippen molar-refractivity contribution in [2.75, 3.05) is 14.2 Å². The number of fused-ring (bicyclic) bond motifs is 1. The van der Waals surface area contributed by atoms with Gasteiger partial charge >= 0.3 is 11.9 Å². The predicted octanol–water partition coefficient (Wildman–Crippen LogP) is 4.56. The Morgan fingerprint density at radius 1 is 0.800 bits per heavy atom. The highest BCUT2D eigenvalue weighted by molar-refractivity contribution is 7.99. The normalized spacial score (nSPS) is 10.5. The van der Waals surface area contributed by atoms with Crippen LogP contribution in [-0.2, 0) is 9.47 Å². The van der Waals surface area contributed by atoms with Crippen molar-refractivity contribution in [2.45, 2.75) is 9.79 Å². The van der Waals surface area contributed by atoms with Gasteiger partial charge in [-0.05, 0) is 35.0 Å². The van der Waals surface area contributed by atoms with Crippen LogP contribution in [0.5, 0.6) is 0 Å². The number of benzene rings is 3. The van der Waals surface area contributed by atoms with E-state index >= 15 is 0 Å². The van der Waals surface area contributed by atoms with Crippen molar-refractivity contribution in [1.29, 1.82) is 0 Å². The number of rotatable bonds is 4. The Kier molecular flexibility index (Phi) is 5.05. The highest BCUT2D eigenvalue weighted by atomic mass is 32.2. The van der Waals surface area contributed by atoms with E-state index in [0.717, 1.165) is 20.6 Å². The van der Waals surface area contributed by atoms with E-state index in [4.69, 9.17) is 9.47 Å². The SMILES string of the molecule is COC(=O)c1cc(Sc2cccc3ccccc23)cc(C(=O)OC)c1. The first-order chi connectivity index (χ1) is 12.1. The molecule has 0 radical (unpaired) electrons. The molecule has 0 aliphatic rings. The maximum absolute atomic E-state index is 11.9. The number of carbonyl (C=O) groups is 2. The fourth-order valence-electron chi connectivity index (χ4n) is 2.54. The molecule has 0 N–H and O–H groups in total. The monoisotopic (exact) mass is 352 g/mol. The highest BCUT2D eigenvalue weighted by Crippen LogP contribution is 2.34. The van der Waals surface area contributed by atoms with Crippen LogP contribution >= 0.6 is 11.8 Å². The Bertz CT molecular complexity index is 910. The lowest BCUT2D eigenvalue weighted by molar-refractivity contribution is 0.0598. The van der Waals surface area contributed by atoms with Crippen molar-refractivity contribution in [3.63, 3.8) is 0 Å². The van der Waals surface area contributed by atoms with Crippen molar-refractivity contribution in [3.8, 4) is 0 Å². The van der Waals surface area contributed by atoms with E-state index in [9.17, 15) is 9.59 Å². The Morgan fingerprint density at radius 3 is 2.04 bits per heavy atom. The van der Waals surface area contributed by atoms with Crippen LogP contribution in [0.1, 0.15) is 20.7 Å². The third-order valence-corrected chi connectivity index (χ3v) is 4.77. The second kappa shape index (κ2) is 7.40. The fraction of sp³-hybridized carbons (Fsp3) is 0.100. The lowest BCUT2D eigenvalue weighted by Crippen LogP contribution is -2.06. The van der Waals surface area contributed by atoms with Gasteiger partial charge < -0.3 is 9.47 Å². The summed E-state index contributed by atoms with van der Waals surface area (Å²) in [5.41, 5.74) is 0.626. The molecule has 0 heterocycles. The highest BCUT2D eigenvalue weighted by Gasteiger charge is 2.15. The Morgan fingerprint density at radius 2 is 1.40 bits per heavy atom. The third kappa shape index (κ3) is 3.67. The maximum atomic E-state index is 11.9. The minimum Gasteiger partial charge on any atom is -0.465 e. The van der Waals surface area contributed by atoms with Gasteiger partial charge in [-0.3, -0.25) is 0 Å². The van der Waals surface area contributed by atoms with Crippen molar-refractivity contribution < 1.29 is 19.1 Å². The second-order valence-electron chi connectivity index (χ2n) is 5.31. The molecule has 0 saturated carbocycles. The molecule has 3 aromatic rings. The van der Waals surface area contributed by atoms with Crippen LogP contribution in [0.3, 0.4) is 0 Å². The maximum Gasteiger partial charge on any atom is 0.337 e. The van der Waals surface area contributed by atoms with Crippen LogP contribution < -0.4 is 0 Å². The van der Waals surface area contributed by atoms with E-state index in [1.165, 1.54) is 32.0 Å². The predicted molar refractivity (Wildman–Crippen MR) is 97.2 cm³/mol. The molecule has 0 saturated heterocycles. The molecule has 0 spiro atoms. The van der Waals surface area contributed by atoms with Crippen LogP contribution in [-0.4, -0.2) is 26.2 Å². The first-order valence-corrected chi connectivity index (χ1v) is 8.41. The summed E-state index contributed by atoms with van der Waals surface area (Å²) >= 11 is 1.49. The molecule has 0 fully saturated rings. The lowest BCUT2D eigenvalue weighted by Gasteiger charge is -2.09. The minimum atomic E-state index is -0.495. The first kappa shape index (κ1) is 17.0. The molecule has 3 aromatic carbocycles. The fourth-order valence-corrected chi connectivity index (χ4v) is 3.61. The lowest BCUT2D eigenvalue weighted by atomic mass is 10.1. The molecule has 0 unspecified atom stereocenters. The van der Waals surface area contributed by atoms with Crippen LogP contribution in [0, 0.1) is 0 Å². The zero-order valence-electron chi connectivity index (χ0n) is 13.8. The zero-order chi connectivity index (χ0) is 17.8. The van der Waals surface area contributed by atoms with E-state index in [-0.39, 0.29) is 0 Å². The van der Waals surface area contributed by atoms with E-state index < -0.39 is 11.9 Å². The summed E-state index contributed by atoms with van der Waals surface area (Å²) in [6, 6.07) is 19.0. The molecule has 4 nitrogen and oxygen atoms in total. The Labute approximate surface area is 149 Å². The molecule has 0 bridgehead atoms. The van der Waals surface area contributed by atoms with Gasteiger partial charge in [0.05, 0.1) is 25.3 Å². The molecule has 0 aliphatic heterocycles. The van der Waals surface area contributed by atoms with E-state index in [1.54, 1.807) is 12.1 Å². The molecule has 126 valence electrons.